The fourth-order valence-corrected chi connectivity index (χ4v) is 8.99. The van der Waals surface area contributed by atoms with E-state index >= 15 is 0 Å². The van der Waals surface area contributed by atoms with Gasteiger partial charge in [0.25, 0.3) is 7.82 Å². The number of esters is 1. The fraction of sp³-hybridized carbons (Fsp3) is 0.774. The molecule has 0 saturated carbocycles. The summed E-state index contributed by atoms with van der Waals surface area (Å²) in [6, 6.07) is -0.900. The fourth-order valence-electron chi connectivity index (χ4n) is 8.27. The van der Waals surface area contributed by atoms with Crippen LogP contribution in [0.2, 0.25) is 0 Å². The molecule has 0 aromatic carbocycles. The number of unbranched alkanes of at least 4 members (excludes halogenated alkanes) is 27. The van der Waals surface area contributed by atoms with Crippen LogP contribution in [0.15, 0.2) is 72.9 Å². The molecule has 0 aliphatic rings. The highest BCUT2D eigenvalue weighted by molar-refractivity contribution is 7.45. The lowest BCUT2D eigenvalue weighted by molar-refractivity contribution is -0.870. The van der Waals surface area contributed by atoms with Crippen LogP contribution in [0.1, 0.15) is 258 Å². The number of phosphoric ester groups is 1. The quantitative estimate of drug-likeness (QED) is 0.0212. The van der Waals surface area contributed by atoms with E-state index in [1.165, 1.54) is 103 Å². The summed E-state index contributed by atoms with van der Waals surface area (Å²) in [6.45, 7) is 6.69. The number of carbonyl (C=O) groups is 2. The van der Waals surface area contributed by atoms with E-state index < -0.39 is 26.6 Å². The summed E-state index contributed by atoms with van der Waals surface area (Å²) in [7, 11) is 1.17. The van der Waals surface area contributed by atoms with Crippen molar-refractivity contribution in [1.82, 2.24) is 5.32 Å². The van der Waals surface area contributed by atoms with Crippen LogP contribution in [0.5, 0.6) is 0 Å². The number of phosphoric acid groups is 1. The lowest BCUT2D eigenvalue weighted by Gasteiger charge is -2.30. The van der Waals surface area contributed by atoms with Crippen molar-refractivity contribution >= 4 is 19.7 Å². The van der Waals surface area contributed by atoms with E-state index in [0.29, 0.717) is 17.4 Å². The van der Waals surface area contributed by atoms with E-state index in [0.717, 1.165) is 122 Å². The van der Waals surface area contributed by atoms with Gasteiger partial charge in [-0.3, -0.25) is 14.2 Å². The Balaban J connectivity index is 5.37. The van der Waals surface area contributed by atoms with Crippen molar-refractivity contribution in [3.8, 4) is 0 Å². The number of rotatable bonds is 53. The molecule has 0 fully saturated rings. The molecule has 0 aliphatic heterocycles. The zero-order valence-corrected chi connectivity index (χ0v) is 48.5. The van der Waals surface area contributed by atoms with E-state index in [4.69, 9.17) is 13.8 Å². The predicted molar refractivity (Wildman–Crippen MR) is 307 cm³/mol. The summed E-state index contributed by atoms with van der Waals surface area (Å²) >= 11 is 0. The van der Waals surface area contributed by atoms with Gasteiger partial charge in [-0.15, -0.1) is 0 Å². The minimum absolute atomic E-state index is 0.0288. The molecule has 3 atom stereocenters. The van der Waals surface area contributed by atoms with Gasteiger partial charge in [0.1, 0.15) is 19.3 Å². The summed E-state index contributed by atoms with van der Waals surface area (Å²) in [4.78, 5) is 39.9. The van der Waals surface area contributed by atoms with Gasteiger partial charge in [0.15, 0.2) is 0 Å². The van der Waals surface area contributed by atoms with Gasteiger partial charge in [-0.25, -0.2) is 0 Å². The van der Waals surface area contributed by atoms with E-state index in [1.54, 1.807) is 0 Å². The third-order valence-electron chi connectivity index (χ3n) is 12.9. The summed E-state index contributed by atoms with van der Waals surface area (Å²) < 4.78 is 30.3. The molecule has 0 spiro atoms. The molecule has 1 N–H and O–H groups in total. The lowest BCUT2D eigenvalue weighted by atomic mass is 10.0. The molecule has 0 saturated heterocycles. The molecule has 72 heavy (non-hydrogen) atoms. The standard InChI is InChI=1S/C62H113N2O7P/c1-7-10-13-16-19-22-25-28-30-32-34-37-40-43-46-49-52-55-62(66)71-60(53-50-47-44-41-38-35-27-24-21-18-15-12-9-3)59(58-70-72(67,68)69-57-56-64(4,5)6)63-61(65)54-51-48-45-42-39-36-33-31-29-26-23-20-17-14-11-8-2/h11,14,19-20,22-23,28-31,50,53,59-60H,7-10,12-13,15-18,21,24-27,32-49,51-52,54-58H2,1-6H3,(H-,63,65,67,68)/b14-11+,22-19-,23-20+,30-28-,31-29+,53-50+. The van der Waals surface area contributed by atoms with Gasteiger partial charge >= 0.3 is 5.97 Å². The van der Waals surface area contributed by atoms with E-state index in [9.17, 15) is 19.0 Å². The van der Waals surface area contributed by atoms with Crippen LogP contribution < -0.4 is 10.2 Å². The first kappa shape index (κ1) is 69.5. The minimum atomic E-state index is -4.70. The van der Waals surface area contributed by atoms with Gasteiger partial charge in [-0.1, -0.05) is 222 Å². The van der Waals surface area contributed by atoms with Crippen LogP contribution in [-0.4, -0.2) is 69.4 Å². The number of hydrogen-bond acceptors (Lipinski definition) is 7. The Labute approximate surface area is 444 Å². The van der Waals surface area contributed by atoms with Gasteiger partial charge in [-0.05, 0) is 96.0 Å². The van der Waals surface area contributed by atoms with Crippen LogP contribution >= 0.6 is 7.82 Å². The van der Waals surface area contributed by atoms with Crippen LogP contribution in [0.3, 0.4) is 0 Å². The summed E-state index contributed by atoms with van der Waals surface area (Å²) in [6.07, 6.45) is 65.7. The van der Waals surface area contributed by atoms with E-state index in [-0.39, 0.29) is 24.9 Å². The summed E-state index contributed by atoms with van der Waals surface area (Å²) in [5.74, 6) is -0.564. The number of carbonyl (C=O) groups excluding carboxylic acids is 2. The maximum atomic E-state index is 13.5. The molecule has 0 aliphatic carbocycles. The Hall–Kier alpha value is -2.55. The van der Waals surface area contributed by atoms with Gasteiger partial charge in [-0.2, -0.15) is 0 Å². The van der Waals surface area contributed by atoms with Crippen molar-refractivity contribution in [2.45, 2.75) is 270 Å². The topological polar surface area (TPSA) is 114 Å². The molecule has 10 heteroatoms. The molecule has 0 radical (unpaired) electrons. The number of ether oxygens (including phenoxy) is 1. The number of amides is 1. The normalized spacial score (nSPS) is 14.3. The number of allylic oxidation sites excluding steroid dienone is 11. The molecule has 0 bridgehead atoms. The third-order valence-corrected chi connectivity index (χ3v) is 13.8. The average Bonchev–Trinajstić information content (AvgIpc) is 3.34. The number of nitrogens with zero attached hydrogens (tertiary/aromatic N) is 1. The SMILES string of the molecule is CC/C=C/C/C=C/C/C=C/CCCCCCCCC(=O)NC(COP(=O)([O-])OCC[N+](C)(C)C)C(/C=C/CCCCCCCCCCCCC)OC(=O)CCCCCCCCC/C=C\C/C=C\CCCCC. The first-order valence-corrected chi connectivity index (χ1v) is 31.2. The Kier molecular flexibility index (Phi) is 50.1. The number of likely N-dealkylation sites (N-methyl/N-ethyl adjacent to an activating group) is 1. The Morgan fingerprint density at radius 1 is 0.500 bits per heavy atom. The Morgan fingerprint density at radius 2 is 0.889 bits per heavy atom. The summed E-state index contributed by atoms with van der Waals surface area (Å²) in [5, 5.41) is 3.02. The number of quaternary nitrogens is 1. The Morgan fingerprint density at radius 3 is 1.36 bits per heavy atom. The first-order chi connectivity index (χ1) is 34.9. The molecule has 0 aromatic heterocycles. The number of hydrogen-bond donors (Lipinski definition) is 1. The van der Waals surface area contributed by atoms with Crippen LogP contribution in [0, 0.1) is 0 Å². The highest BCUT2D eigenvalue weighted by atomic mass is 31.2. The predicted octanol–water partition coefficient (Wildman–Crippen LogP) is 17.4. The molecular formula is C62H113N2O7P. The molecule has 0 rings (SSSR count). The smallest absolute Gasteiger partial charge is 0.306 e. The molecule has 0 heterocycles. The number of nitrogens with one attached hydrogen (secondary N) is 1. The minimum Gasteiger partial charge on any atom is -0.756 e. The second-order valence-electron chi connectivity index (χ2n) is 21.1. The monoisotopic (exact) mass is 1030 g/mol. The summed E-state index contributed by atoms with van der Waals surface area (Å²) in [5.41, 5.74) is 0. The maximum Gasteiger partial charge on any atom is 0.306 e. The van der Waals surface area contributed by atoms with Crippen molar-refractivity contribution < 1.29 is 37.3 Å². The molecule has 3 unspecified atom stereocenters. The van der Waals surface area contributed by atoms with Crippen LogP contribution in [-0.2, 0) is 27.9 Å². The molecule has 1 amide bonds. The average molecular weight is 1030 g/mol. The first-order valence-electron chi connectivity index (χ1n) is 29.7. The molecule has 418 valence electrons. The van der Waals surface area contributed by atoms with E-state index in [1.807, 2.05) is 33.3 Å². The van der Waals surface area contributed by atoms with Crippen LogP contribution in [0.25, 0.3) is 0 Å². The highest BCUT2D eigenvalue weighted by Gasteiger charge is 2.27. The zero-order chi connectivity index (χ0) is 52.9. The van der Waals surface area contributed by atoms with Crippen LogP contribution in [0.4, 0.5) is 0 Å². The maximum absolute atomic E-state index is 13.5. The molecule has 9 nitrogen and oxygen atoms in total. The van der Waals surface area contributed by atoms with E-state index in [2.05, 4.69) is 86.8 Å². The Bertz CT molecular complexity index is 1460. The van der Waals surface area contributed by atoms with Gasteiger partial charge in [0.05, 0.1) is 33.8 Å². The van der Waals surface area contributed by atoms with Crippen molar-refractivity contribution in [2.75, 3.05) is 40.9 Å². The van der Waals surface area contributed by atoms with Crippen molar-refractivity contribution in [3.05, 3.63) is 72.9 Å². The third kappa shape index (κ3) is 52.3. The van der Waals surface area contributed by atoms with Crippen molar-refractivity contribution in [2.24, 2.45) is 0 Å². The van der Waals surface area contributed by atoms with Gasteiger partial charge in [0, 0.05) is 12.8 Å². The highest BCUT2D eigenvalue weighted by Crippen LogP contribution is 2.38. The molecule has 0 aromatic rings. The lowest BCUT2D eigenvalue weighted by Crippen LogP contribution is -2.47. The van der Waals surface area contributed by atoms with Gasteiger partial charge in [0.2, 0.25) is 5.91 Å². The van der Waals surface area contributed by atoms with Crippen molar-refractivity contribution in [3.63, 3.8) is 0 Å². The second-order valence-corrected chi connectivity index (χ2v) is 22.5. The molecular weight excluding hydrogens is 916 g/mol. The van der Waals surface area contributed by atoms with Gasteiger partial charge < -0.3 is 28.5 Å². The second kappa shape index (κ2) is 51.9. The largest absolute Gasteiger partial charge is 0.756 e. The van der Waals surface area contributed by atoms with Crippen molar-refractivity contribution in [1.29, 1.82) is 0 Å². The zero-order valence-electron chi connectivity index (χ0n) is 47.6.